The number of hydrogen-bond acceptors (Lipinski definition) is 7. The van der Waals surface area contributed by atoms with Gasteiger partial charge < -0.3 is 20.7 Å². The highest BCUT2D eigenvalue weighted by Crippen LogP contribution is 2.25. The number of fused-ring (bicyclic) bond motifs is 8. The van der Waals surface area contributed by atoms with E-state index >= 15 is 0 Å². The molecule has 2 bridgehead atoms. The molecule has 0 saturated carbocycles. The molecule has 2 aliphatic rings. The largest absolute Gasteiger partial charge is 0.457 e. The maximum atomic E-state index is 13.4. The van der Waals surface area contributed by atoms with Crippen molar-refractivity contribution in [1.29, 1.82) is 0 Å². The summed E-state index contributed by atoms with van der Waals surface area (Å²) in [6.45, 7) is 3.84. The Kier molecular flexibility index (Phi) is 10.7. The van der Waals surface area contributed by atoms with E-state index in [1.165, 1.54) is 10.8 Å². The molecular weight excluding hydrogens is 546 g/mol. The first-order chi connectivity index (χ1) is 19.3. The van der Waals surface area contributed by atoms with E-state index in [1.807, 2.05) is 68.5 Å². The van der Waals surface area contributed by atoms with Gasteiger partial charge in [0.2, 0.25) is 17.7 Å². The lowest BCUT2D eigenvalue weighted by Gasteiger charge is -2.26. The minimum absolute atomic E-state index is 0.00722. The van der Waals surface area contributed by atoms with Crippen LogP contribution >= 0.6 is 21.6 Å². The molecule has 2 aliphatic heterocycles. The number of hydrogen-bond donors (Lipinski definition) is 3. The zero-order chi connectivity index (χ0) is 28.5. The highest BCUT2D eigenvalue weighted by atomic mass is 33.1. The predicted molar refractivity (Wildman–Crippen MR) is 159 cm³/mol. The fourth-order valence-corrected chi connectivity index (χ4v) is 6.68. The Morgan fingerprint density at radius 3 is 2.48 bits per heavy atom. The lowest BCUT2D eigenvalue weighted by Crippen LogP contribution is -2.56. The van der Waals surface area contributed by atoms with Gasteiger partial charge >= 0.3 is 5.97 Å². The van der Waals surface area contributed by atoms with Crippen LogP contribution in [0, 0.1) is 5.92 Å². The minimum atomic E-state index is -0.840. The van der Waals surface area contributed by atoms with Crippen molar-refractivity contribution in [2.75, 3.05) is 11.5 Å². The molecule has 0 aliphatic carbocycles. The molecule has 2 heterocycles. The Labute approximate surface area is 242 Å². The number of amides is 3. The molecule has 0 aromatic heterocycles. The van der Waals surface area contributed by atoms with E-state index in [0.29, 0.717) is 12.2 Å². The van der Waals surface area contributed by atoms with Crippen LogP contribution in [0.5, 0.6) is 0 Å². The first-order valence-electron chi connectivity index (χ1n) is 13.5. The van der Waals surface area contributed by atoms with Crippen LogP contribution in [0.25, 0.3) is 11.1 Å². The van der Waals surface area contributed by atoms with Gasteiger partial charge in [-0.1, -0.05) is 84.0 Å². The summed E-state index contributed by atoms with van der Waals surface area (Å²) in [6.07, 6.45) is 3.48. The number of esters is 1. The Bertz CT molecular complexity index is 1250. The lowest BCUT2D eigenvalue weighted by atomic mass is 9.97. The third-order valence-corrected chi connectivity index (χ3v) is 9.15. The Morgan fingerprint density at radius 2 is 1.70 bits per heavy atom. The predicted octanol–water partition coefficient (Wildman–Crippen LogP) is 3.79. The molecule has 8 nitrogen and oxygen atoms in total. The molecule has 0 fully saturated rings. The molecule has 2 aromatic carbocycles. The fraction of sp³-hybridized carbons (Fsp3) is 0.400. The minimum Gasteiger partial charge on any atom is -0.457 e. The lowest BCUT2D eigenvalue weighted by molar-refractivity contribution is -0.147. The number of ether oxygens (including phenoxy) is 1. The molecule has 3 N–H and O–H groups in total. The van der Waals surface area contributed by atoms with Crippen molar-refractivity contribution in [2.45, 2.75) is 57.8 Å². The second-order valence-corrected chi connectivity index (χ2v) is 12.8. The summed E-state index contributed by atoms with van der Waals surface area (Å²) in [4.78, 5) is 52.8. The number of rotatable bonds is 2. The van der Waals surface area contributed by atoms with Crippen LogP contribution in [-0.2, 0) is 36.9 Å². The quantitative estimate of drug-likeness (QED) is 0.281. The van der Waals surface area contributed by atoms with Gasteiger partial charge in [0.1, 0.15) is 18.2 Å². The van der Waals surface area contributed by atoms with Crippen LogP contribution in [0.2, 0.25) is 0 Å². The van der Waals surface area contributed by atoms with Gasteiger partial charge in [-0.05, 0) is 46.7 Å². The van der Waals surface area contributed by atoms with E-state index in [9.17, 15) is 19.2 Å². The molecule has 0 radical (unpaired) electrons. The topological polar surface area (TPSA) is 114 Å². The molecule has 3 amide bonds. The molecule has 3 atom stereocenters. The summed E-state index contributed by atoms with van der Waals surface area (Å²) in [5, 5.41) is 8.62. The first kappa shape index (κ1) is 29.7. The van der Waals surface area contributed by atoms with Crippen molar-refractivity contribution in [3.63, 3.8) is 0 Å². The number of nitrogens with one attached hydrogen (secondary N) is 3. The monoisotopic (exact) mass is 581 g/mol. The Hall–Kier alpha value is -3.24. The van der Waals surface area contributed by atoms with E-state index in [-0.39, 0.29) is 31.2 Å². The summed E-state index contributed by atoms with van der Waals surface area (Å²) >= 11 is 0. The van der Waals surface area contributed by atoms with Crippen molar-refractivity contribution < 1.29 is 23.9 Å². The number of allylic oxidation sites excluding steroid dienone is 1. The second kappa shape index (κ2) is 14.4. The van der Waals surface area contributed by atoms with E-state index in [4.69, 9.17) is 4.74 Å². The van der Waals surface area contributed by atoms with Crippen LogP contribution in [0.1, 0.15) is 37.8 Å². The van der Waals surface area contributed by atoms with Crippen LogP contribution in [0.3, 0.4) is 0 Å². The Morgan fingerprint density at radius 1 is 0.900 bits per heavy atom. The highest BCUT2D eigenvalue weighted by molar-refractivity contribution is 8.76. The molecule has 2 aromatic rings. The van der Waals surface area contributed by atoms with Gasteiger partial charge in [0, 0.05) is 18.1 Å². The van der Waals surface area contributed by atoms with Gasteiger partial charge in [0.15, 0.2) is 0 Å². The van der Waals surface area contributed by atoms with Crippen LogP contribution in [0.15, 0.2) is 60.7 Å². The molecule has 4 rings (SSSR count). The van der Waals surface area contributed by atoms with Crippen molar-refractivity contribution in [1.82, 2.24) is 16.0 Å². The third kappa shape index (κ3) is 8.38. The summed E-state index contributed by atoms with van der Waals surface area (Å²) in [7, 11) is 3.11. The van der Waals surface area contributed by atoms with E-state index in [0.717, 1.165) is 28.0 Å². The van der Waals surface area contributed by atoms with Crippen LogP contribution < -0.4 is 16.0 Å². The van der Waals surface area contributed by atoms with Gasteiger partial charge in [-0.2, -0.15) is 0 Å². The summed E-state index contributed by atoms with van der Waals surface area (Å²) in [5.41, 5.74) is 3.47. The fourth-order valence-electron chi connectivity index (χ4n) is 4.53. The molecule has 40 heavy (non-hydrogen) atoms. The molecule has 0 spiro atoms. The van der Waals surface area contributed by atoms with Crippen molar-refractivity contribution in [2.24, 2.45) is 5.92 Å². The van der Waals surface area contributed by atoms with Gasteiger partial charge in [-0.3, -0.25) is 19.2 Å². The highest BCUT2D eigenvalue weighted by Gasteiger charge is 2.30. The average Bonchev–Trinajstić information content (AvgIpc) is 2.93. The number of benzene rings is 2. The smallest absolute Gasteiger partial charge is 0.310 e. The summed E-state index contributed by atoms with van der Waals surface area (Å²) in [6, 6.07) is 14.0. The summed E-state index contributed by atoms with van der Waals surface area (Å²) < 4.78 is 5.77. The van der Waals surface area contributed by atoms with Crippen LogP contribution in [-0.4, -0.2) is 53.4 Å². The van der Waals surface area contributed by atoms with Crippen molar-refractivity contribution >= 4 is 45.3 Å². The third-order valence-electron chi connectivity index (χ3n) is 6.71. The van der Waals surface area contributed by atoms with Crippen molar-refractivity contribution in [3.05, 3.63) is 71.8 Å². The molecule has 10 heteroatoms. The first-order valence-corrected chi connectivity index (χ1v) is 15.9. The van der Waals surface area contributed by atoms with Crippen LogP contribution in [0.4, 0.5) is 0 Å². The molecule has 0 unspecified atom stereocenters. The van der Waals surface area contributed by atoms with Gasteiger partial charge in [0.05, 0.1) is 12.8 Å². The van der Waals surface area contributed by atoms with E-state index in [2.05, 4.69) is 16.0 Å². The number of carbonyl (C=O) groups is 4. The van der Waals surface area contributed by atoms with Gasteiger partial charge in [-0.25, -0.2) is 0 Å². The summed E-state index contributed by atoms with van der Waals surface area (Å²) in [5.74, 6) is -0.720. The van der Waals surface area contributed by atoms with E-state index < -0.39 is 36.0 Å². The van der Waals surface area contributed by atoms with Gasteiger partial charge in [0.25, 0.3) is 0 Å². The molecule has 212 valence electrons. The maximum Gasteiger partial charge on any atom is 0.310 e. The normalized spacial score (nSPS) is 23.3. The zero-order valence-corrected chi connectivity index (χ0v) is 24.3. The average molecular weight is 582 g/mol. The van der Waals surface area contributed by atoms with Gasteiger partial charge in [-0.15, -0.1) is 0 Å². The Balaban J connectivity index is 1.72. The standard InChI is InChI=1S/C30H35N3O5S2/c1-19(2)28-30(37)32-25-18-40-39-13-7-6-10-24(16-26(34)33-28)38-27(35)15-22-12-11-21(20-8-4-3-5-9-20)14-23(22)17-31-29(25)36/h3-6,8-12,14,19,24-25,28H,7,13,15-18H2,1-2H3,(H,31,36)(H,32,37)(H,33,34)/t24-,25-,28-/m1/s1. The van der Waals surface area contributed by atoms with E-state index in [1.54, 1.807) is 16.9 Å². The SMILES string of the molecule is CC(C)[C@H]1NC(=O)C[C@H]2C=CCCSSC[C@@H](NC1=O)C(=O)NCc1cc(-c3ccccc3)ccc1CC(=O)O2. The number of carbonyl (C=O) groups excluding carboxylic acids is 4. The van der Waals surface area contributed by atoms with Crippen molar-refractivity contribution in [3.8, 4) is 11.1 Å². The zero-order valence-electron chi connectivity index (χ0n) is 22.7. The second-order valence-electron chi connectivity index (χ2n) is 10.2. The maximum absolute atomic E-state index is 13.4. The molecular formula is C30H35N3O5S2. The molecule has 0 saturated heterocycles.